The van der Waals surface area contributed by atoms with Crippen molar-refractivity contribution in [1.29, 1.82) is 0 Å². The molecule has 142 valence electrons. The molecule has 0 saturated carbocycles. The Balaban J connectivity index is 2.15. The Bertz CT molecular complexity index is 771. The van der Waals surface area contributed by atoms with Gasteiger partial charge in [-0.1, -0.05) is 24.3 Å². The quantitative estimate of drug-likeness (QED) is 0.649. The molecule has 0 fully saturated rings. The zero-order valence-corrected chi connectivity index (χ0v) is 17.0. The van der Waals surface area contributed by atoms with Crippen LogP contribution in [0.15, 0.2) is 24.8 Å². The fourth-order valence-electron chi connectivity index (χ4n) is 3.18. The van der Waals surface area contributed by atoms with E-state index in [4.69, 9.17) is 21.1 Å². The first kappa shape index (κ1) is 20.3. The number of rotatable bonds is 9. The summed E-state index contributed by atoms with van der Waals surface area (Å²) in [6, 6.07) is 4.02. The summed E-state index contributed by atoms with van der Waals surface area (Å²) >= 11 is 6.37. The molecular weight excluding hydrogens is 350 g/mol. The number of aryl methyl sites for hydroxylation is 2. The molecule has 1 aromatic heterocycles. The molecule has 0 aliphatic heterocycles. The summed E-state index contributed by atoms with van der Waals surface area (Å²) in [5.74, 6) is 1.16. The molecule has 0 saturated heterocycles. The van der Waals surface area contributed by atoms with Crippen LogP contribution in [0.4, 0.5) is 0 Å². The fraction of sp³-hybridized carbons (Fsp3) is 0.450. The highest BCUT2D eigenvalue weighted by Gasteiger charge is 2.17. The van der Waals surface area contributed by atoms with E-state index in [0.29, 0.717) is 29.7 Å². The van der Waals surface area contributed by atoms with E-state index in [9.17, 15) is 0 Å². The van der Waals surface area contributed by atoms with Crippen LogP contribution in [0, 0.1) is 13.8 Å². The summed E-state index contributed by atoms with van der Waals surface area (Å²) in [7, 11) is 1.61. The normalized spacial score (nSPS) is 12.1. The lowest BCUT2D eigenvalue weighted by molar-refractivity contribution is 0.326. The third-order valence-corrected chi connectivity index (χ3v) is 4.70. The molecule has 0 bridgehead atoms. The van der Waals surface area contributed by atoms with Crippen LogP contribution in [0.25, 0.3) is 0 Å². The van der Waals surface area contributed by atoms with Gasteiger partial charge in [0, 0.05) is 30.4 Å². The highest BCUT2D eigenvalue weighted by Crippen LogP contribution is 2.36. The molecular formula is C20H28ClN3O2. The van der Waals surface area contributed by atoms with Gasteiger partial charge >= 0.3 is 0 Å². The van der Waals surface area contributed by atoms with E-state index < -0.39 is 0 Å². The predicted molar refractivity (Wildman–Crippen MR) is 106 cm³/mol. The molecule has 2 aromatic rings. The number of benzene rings is 1. The third kappa shape index (κ3) is 4.40. The average molecular weight is 378 g/mol. The van der Waals surface area contributed by atoms with Crippen LogP contribution < -0.4 is 14.8 Å². The van der Waals surface area contributed by atoms with Crippen LogP contribution in [-0.4, -0.2) is 23.5 Å². The number of hydrogen-bond acceptors (Lipinski definition) is 4. The monoisotopic (exact) mass is 377 g/mol. The van der Waals surface area contributed by atoms with E-state index >= 15 is 0 Å². The Morgan fingerprint density at radius 2 is 2.12 bits per heavy atom. The highest BCUT2D eigenvalue weighted by atomic mass is 35.5. The average Bonchev–Trinajstić information content (AvgIpc) is 2.91. The molecule has 26 heavy (non-hydrogen) atoms. The molecule has 5 nitrogen and oxygen atoms in total. The van der Waals surface area contributed by atoms with Gasteiger partial charge in [-0.2, -0.15) is 5.10 Å². The van der Waals surface area contributed by atoms with Gasteiger partial charge in [0.05, 0.1) is 17.8 Å². The lowest BCUT2D eigenvalue weighted by Crippen LogP contribution is -2.19. The molecule has 0 unspecified atom stereocenters. The van der Waals surface area contributed by atoms with Crippen molar-refractivity contribution in [3.63, 3.8) is 0 Å². The van der Waals surface area contributed by atoms with Crippen LogP contribution in [0.5, 0.6) is 11.5 Å². The number of ether oxygens (including phenoxy) is 2. The Morgan fingerprint density at radius 1 is 1.38 bits per heavy atom. The Kier molecular flexibility index (Phi) is 7.12. The zero-order valence-electron chi connectivity index (χ0n) is 16.2. The lowest BCUT2D eigenvalue weighted by Gasteiger charge is -2.17. The summed E-state index contributed by atoms with van der Waals surface area (Å²) in [5, 5.41) is 8.68. The van der Waals surface area contributed by atoms with E-state index in [0.717, 1.165) is 17.8 Å². The van der Waals surface area contributed by atoms with Crippen LogP contribution >= 0.6 is 11.6 Å². The maximum Gasteiger partial charge on any atom is 0.180 e. The molecule has 1 N–H and O–H groups in total. The van der Waals surface area contributed by atoms with Crippen molar-refractivity contribution in [2.24, 2.45) is 0 Å². The maximum atomic E-state index is 6.37. The molecule has 0 radical (unpaired) electrons. The largest absolute Gasteiger partial charge is 0.493 e. The second-order valence-corrected chi connectivity index (χ2v) is 6.62. The molecule has 1 aromatic carbocycles. The first-order valence-corrected chi connectivity index (χ1v) is 9.18. The molecule has 0 spiro atoms. The van der Waals surface area contributed by atoms with Crippen molar-refractivity contribution in [3.05, 3.63) is 52.3 Å². The number of halogens is 1. The van der Waals surface area contributed by atoms with Crippen molar-refractivity contribution in [2.45, 2.75) is 46.8 Å². The molecule has 0 amide bonds. The first-order valence-electron chi connectivity index (χ1n) is 8.80. The van der Waals surface area contributed by atoms with Crippen molar-refractivity contribution >= 4 is 11.6 Å². The maximum absolute atomic E-state index is 6.37. The smallest absolute Gasteiger partial charge is 0.180 e. The van der Waals surface area contributed by atoms with Gasteiger partial charge in [0.15, 0.2) is 11.5 Å². The second-order valence-electron chi connectivity index (χ2n) is 6.21. The zero-order chi connectivity index (χ0) is 19.3. The van der Waals surface area contributed by atoms with Crippen LogP contribution in [-0.2, 0) is 13.1 Å². The lowest BCUT2D eigenvalue weighted by atomic mass is 10.1. The van der Waals surface area contributed by atoms with Crippen LogP contribution in [0.2, 0.25) is 5.02 Å². The molecule has 0 aliphatic carbocycles. The Morgan fingerprint density at radius 3 is 2.69 bits per heavy atom. The third-order valence-electron chi connectivity index (χ3n) is 4.42. The van der Waals surface area contributed by atoms with Gasteiger partial charge in [-0.25, -0.2) is 0 Å². The van der Waals surface area contributed by atoms with Crippen molar-refractivity contribution < 1.29 is 9.47 Å². The molecule has 0 aliphatic rings. The van der Waals surface area contributed by atoms with Gasteiger partial charge in [0.2, 0.25) is 0 Å². The molecule has 1 heterocycles. The van der Waals surface area contributed by atoms with Gasteiger partial charge in [-0.3, -0.25) is 4.68 Å². The number of methoxy groups -OCH3 is 1. The first-order chi connectivity index (χ1) is 12.4. The number of nitrogens with one attached hydrogen (secondary N) is 1. The van der Waals surface area contributed by atoms with E-state index in [1.54, 1.807) is 13.2 Å². The summed E-state index contributed by atoms with van der Waals surface area (Å²) < 4.78 is 13.1. The standard InChI is InChI=1S/C20H28ClN3O2/c1-7-9-26-20-17(21)10-16(11-18(20)25-6)12-22-13(3)19-14(4)23-24(8-2)15(19)5/h7,10-11,13,22H,1,8-9,12H2,2-6H3/t13-/m1/s1. The number of nitrogens with zero attached hydrogens (tertiary/aromatic N) is 2. The highest BCUT2D eigenvalue weighted by molar-refractivity contribution is 6.32. The van der Waals surface area contributed by atoms with Gasteiger partial charge in [-0.15, -0.1) is 0 Å². The SMILES string of the molecule is C=CCOc1c(Cl)cc(CN[C@H](C)c2c(C)nn(CC)c2C)cc1OC. The van der Waals surface area contributed by atoms with Crippen LogP contribution in [0.3, 0.4) is 0 Å². The van der Waals surface area contributed by atoms with Gasteiger partial charge in [0.1, 0.15) is 6.61 Å². The number of hydrogen-bond donors (Lipinski definition) is 1. The van der Waals surface area contributed by atoms with Gasteiger partial charge in [-0.05, 0) is 45.4 Å². The summed E-state index contributed by atoms with van der Waals surface area (Å²) in [6.07, 6.45) is 1.67. The molecule has 6 heteroatoms. The Labute approximate surface area is 161 Å². The van der Waals surface area contributed by atoms with Gasteiger partial charge in [0.25, 0.3) is 0 Å². The van der Waals surface area contributed by atoms with Gasteiger partial charge < -0.3 is 14.8 Å². The molecule has 1 atom stereocenters. The van der Waals surface area contributed by atoms with E-state index in [-0.39, 0.29) is 6.04 Å². The minimum absolute atomic E-state index is 0.178. The van der Waals surface area contributed by atoms with E-state index in [1.165, 1.54) is 11.3 Å². The molecule has 2 rings (SSSR count). The van der Waals surface area contributed by atoms with Crippen molar-refractivity contribution in [1.82, 2.24) is 15.1 Å². The minimum atomic E-state index is 0.178. The topological polar surface area (TPSA) is 48.3 Å². The fourth-order valence-corrected chi connectivity index (χ4v) is 3.46. The summed E-state index contributed by atoms with van der Waals surface area (Å²) in [6.45, 7) is 14.0. The predicted octanol–water partition coefficient (Wildman–Crippen LogP) is 4.60. The summed E-state index contributed by atoms with van der Waals surface area (Å²) in [5.41, 5.74) is 4.54. The van der Waals surface area contributed by atoms with Crippen molar-refractivity contribution in [3.8, 4) is 11.5 Å². The van der Waals surface area contributed by atoms with E-state index in [1.807, 2.05) is 16.8 Å². The number of aromatic nitrogens is 2. The minimum Gasteiger partial charge on any atom is -0.493 e. The second kappa shape index (κ2) is 9.10. The van der Waals surface area contributed by atoms with E-state index in [2.05, 4.69) is 44.7 Å². The Hall–Kier alpha value is -1.98. The van der Waals surface area contributed by atoms with Crippen molar-refractivity contribution in [2.75, 3.05) is 13.7 Å². The van der Waals surface area contributed by atoms with Crippen LogP contribution in [0.1, 0.15) is 42.4 Å². The summed E-state index contributed by atoms with van der Waals surface area (Å²) in [4.78, 5) is 0.